The van der Waals surface area contributed by atoms with Crippen molar-refractivity contribution in [2.75, 3.05) is 13.2 Å². The highest BCUT2D eigenvalue weighted by Crippen LogP contribution is 2.34. The summed E-state index contributed by atoms with van der Waals surface area (Å²) in [4.78, 5) is 23.2. The molecule has 1 saturated carbocycles. The van der Waals surface area contributed by atoms with Gasteiger partial charge in [-0.2, -0.15) is 0 Å². The van der Waals surface area contributed by atoms with Crippen molar-refractivity contribution < 1.29 is 24.5 Å². The predicted molar refractivity (Wildman–Crippen MR) is 103 cm³/mol. The summed E-state index contributed by atoms with van der Waals surface area (Å²) in [6.07, 6.45) is 5.60. The highest BCUT2D eigenvalue weighted by atomic mass is 16.5. The lowest BCUT2D eigenvalue weighted by Gasteiger charge is -2.33. The Morgan fingerprint density at radius 2 is 1.33 bits per heavy atom. The van der Waals surface area contributed by atoms with Crippen LogP contribution in [0.3, 0.4) is 0 Å². The topological polar surface area (TPSA) is 83.8 Å². The number of benzene rings is 2. The Labute approximate surface area is 159 Å². The summed E-state index contributed by atoms with van der Waals surface area (Å²) in [5.74, 6) is -1.15. The van der Waals surface area contributed by atoms with Crippen LogP contribution in [0.25, 0.3) is 0 Å². The van der Waals surface area contributed by atoms with Gasteiger partial charge in [0, 0.05) is 11.0 Å². The van der Waals surface area contributed by atoms with Crippen LogP contribution in [0.2, 0.25) is 0 Å². The molecule has 0 aromatic heterocycles. The lowest BCUT2D eigenvalue weighted by molar-refractivity contribution is -0.129. The molecule has 0 atom stereocenters. The number of carbonyl (C=O) groups is 2. The molecule has 0 bridgehead atoms. The van der Waals surface area contributed by atoms with Crippen molar-refractivity contribution in [3.8, 4) is 5.75 Å². The zero-order valence-electron chi connectivity index (χ0n) is 15.3. The van der Waals surface area contributed by atoms with Crippen LogP contribution in [0.5, 0.6) is 5.75 Å². The van der Waals surface area contributed by atoms with E-state index in [9.17, 15) is 9.59 Å². The maximum absolute atomic E-state index is 11.7. The molecule has 1 aliphatic rings. The molecule has 1 fully saturated rings. The van der Waals surface area contributed by atoms with E-state index in [0.717, 1.165) is 12.8 Å². The summed E-state index contributed by atoms with van der Waals surface area (Å²) in [6, 6.07) is 16.8. The average Bonchev–Trinajstić information content (AvgIpc) is 2.75. The number of para-hydroxylation sites is 1. The Kier molecular flexibility index (Phi) is 8.17. The summed E-state index contributed by atoms with van der Waals surface area (Å²) in [7, 11) is 0. The Hall–Kier alpha value is -2.50. The van der Waals surface area contributed by atoms with Gasteiger partial charge in [-0.3, -0.25) is 4.79 Å². The first kappa shape index (κ1) is 20.8. The minimum absolute atomic E-state index is 0.127. The van der Waals surface area contributed by atoms with E-state index < -0.39 is 11.8 Å². The van der Waals surface area contributed by atoms with Gasteiger partial charge in [-0.25, -0.2) is 4.79 Å². The summed E-state index contributed by atoms with van der Waals surface area (Å²) < 4.78 is 4.94. The van der Waals surface area contributed by atoms with E-state index in [2.05, 4.69) is 0 Å². The zero-order valence-corrected chi connectivity index (χ0v) is 15.3. The summed E-state index contributed by atoms with van der Waals surface area (Å²) >= 11 is 0. The second-order valence-corrected chi connectivity index (χ2v) is 6.77. The number of ether oxygens (including phenoxy) is 1. The van der Waals surface area contributed by atoms with Crippen LogP contribution >= 0.6 is 0 Å². The highest BCUT2D eigenvalue weighted by molar-refractivity contribution is 6.41. The fourth-order valence-electron chi connectivity index (χ4n) is 3.02. The van der Waals surface area contributed by atoms with Crippen LogP contribution in [0.1, 0.15) is 42.5 Å². The van der Waals surface area contributed by atoms with Crippen molar-refractivity contribution in [1.82, 2.24) is 0 Å². The summed E-state index contributed by atoms with van der Waals surface area (Å²) in [5.41, 5.74) is 0.201. The number of rotatable bonds is 5. The Balaban J connectivity index is 0.000000223. The Bertz CT molecular complexity index is 700. The van der Waals surface area contributed by atoms with Gasteiger partial charge in [-0.15, -0.1) is 0 Å². The number of carbonyl (C=O) groups excluding carboxylic acids is 2. The first-order valence-electron chi connectivity index (χ1n) is 9.18. The number of ketones is 1. The van der Waals surface area contributed by atoms with E-state index in [1.807, 2.05) is 0 Å². The smallest absolute Gasteiger partial charge is 0.385 e. The maximum Gasteiger partial charge on any atom is 0.385 e. The lowest BCUT2D eigenvalue weighted by Crippen LogP contribution is -2.31. The van der Waals surface area contributed by atoms with Crippen LogP contribution in [-0.4, -0.2) is 35.2 Å². The molecular weight excluding hydrogens is 344 g/mol. The van der Waals surface area contributed by atoms with Gasteiger partial charge in [-0.05, 0) is 25.0 Å². The highest BCUT2D eigenvalue weighted by Gasteiger charge is 2.30. The Morgan fingerprint density at radius 3 is 1.81 bits per heavy atom. The minimum Gasteiger partial charge on any atom is -0.421 e. The van der Waals surface area contributed by atoms with Gasteiger partial charge >= 0.3 is 5.97 Å². The monoisotopic (exact) mass is 370 g/mol. The van der Waals surface area contributed by atoms with Gasteiger partial charge in [0.1, 0.15) is 5.75 Å². The molecule has 0 aliphatic heterocycles. The second kappa shape index (κ2) is 10.6. The molecule has 5 heteroatoms. The van der Waals surface area contributed by atoms with Crippen LogP contribution in [0.4, 0.5) is 0 Å². The van der Waals surface area contributed by atoms with E-state index in [1.165, 1.54) is 19.3 Å². The first-order valence-corrected chi connectivity index (χ1v) is 9.18. The van der Waals surface area contributed by atoms with Gasteiger partial charge in [0.15, 0.2) is 0 Å². The standard InChI is InChI=1S/C14H10O3.C8H16O2/c15-13(11-7-3-1-4-8-11)14(16)17-12-9-5-2-6-10-12;9-6-8(7-10)4-2-1-3-5-8/h1-10H;9-10H,1-7H2. The van der Waals surface area contributed by atoms with Crippen LogP contribution in [-0.2, 0) is 4.79 Å². The number of aliphatic hydroxyl groups excluding tert-OH is 2. The molecule has 0 amide bonds. The number of hydrogen-bond donors (Lipinski definition) is 2. The van der Waals surface area contributed by atoms with Crippen molar-refractivity contribution in [1.29, 1.82) is 0 Å². The van der Waals surface area contributed by atoms with Crippen molar-refractivity contribution in [3.63, 3.8) is 0 Å². The van der Waals surface area contributed by atoms with Crippen LogP contribution < -0.4 is 4.74 Å². The molecule has 5 nitrogen and oxygen atoms in total. The molecule has 0 unspecified atom stereocenters. The number of Topliss-reactive ketones (excluding diaryl/α,β-unsaturated/α-hetero) is 1. The first-order chi connectivity index (χ1) is 13.1. The summed E-state index contributed by atoms with van der Waals surface area (Å²) in [5, 5.41) is 18.0. The van der Waals surface area contributed by atoms with E-state index in [4.69, 9.17) is 14.9 Å². The van der Waals surface area contributed by atoms with Gasteiger partial charge in [0.05, 0.1) is 13.2 Å². The molecule has 2 aromatic rings. The Morgan fingerprint density at radius 1 is 0.815 bits per heavy atom. The molecule has 0 saturated heterocycles. The van der Waals surface area contributed by atoms with E-state index in [1.54, 1.807) is 60.7 Å². The SMILES string of the molecule is O=C(Oc1ccccc1)C(=O)c1ccccc1.OCC1(CO)CCCCC1. The third kappa shape index (κ3) is 6.31. The van der Waals surface area contributed by atoms with Crippen molar-refractivity contribution in [2.45, 2.75) is 32.1 Å². The third-order valence-corrected chi connectivity index (χ3v) is 4.76. The molecule has 3 rings (SSSR count). The molecule has 0 heterocycles. The van der Waals surface area contributed by atoms with Crippen LogP contribution in [0.15, 0.2) is 60.7 Å². The molecule has 0 radical (unpaired) electrons. The number of aliphatic hydroxyl groups is 2. The molecule has 0 spiro atoms. The van der Waals surface area contributed by atoms with E-state index >= 15 is 0 Å². The van der Waals surface area contributed by atoms with Gasteiger partial charge in [-0.1, -0.05) is 67.8 Å². The van der Waals surface area contributed by atoms with E-state index in [0.29, 0.717) is 11.3 Å². The molecule has 144 valence electrons. The van der Waals surface area contributed by atoms with E-state index in [-0.39, 0.29) is 18.6 Å². The predicted octanol–water partition coefficient (Wildman–Crippen LogP) is 3.40. The molecular formula is C22H26O5. The maximum atomic E-state index is 11.7. The summed E-state index contributed by atoms with van der Waals surface area (Å²) in [6.45, 7) is 0.312. The molecule has 2 aromatic carbocycles. The van der Waals surface area contributed by atoms with Crippen molar-refractivity contribution in [2.24, 2.45) is 5.41 Å². The molecule has 1 aliphatic carbocycles. The van der Waals surface area contributed by atoms with Gasteiger partial charge in [0.2, 0.25) is 0 Å². The molecule has 2 N–H and O–H groups in total. The average molecular weight is 370 g/mol. The van der Waals surface area contributed by atoms with Crippen LogP contribution in [0, 0.1) is 5.41 Å². The van der Waals surface area contributed by atoms with Gasteiger partial charge in [0.25, 0.3) is 5.78 Å². The number of esters is 1. The normalized spacial score (nSPS) is 15.2. The minimum atomic E-state index is -0.873. The number of hydrogen-bond acceptors (Lipinski definition) is 5. The second-order valence-electron chi connectivity index (χ2n) is 6.77. The van der Waals surface area contributed by atoms with Crippen molar-refractivity contribution >= 4 is 11.8 Å². The lowest BCUT2D eigenvalue weighted by atomic mass is 9.75. The zero-order chi connectivity index (χ0) is 19.5. The van der Waals surface area contributed by atoms with Gasteiger partial charge < -0.3 is 14.9 Å². The third-order valence-electron chi connectivity index (χ3n) is 4.76. The molecule has 27 heavy (non-hydrogen) atoms. The fraction of sp³-hybridized carbons (Fsp3) is 0.364. The fourth-order valence-corrected chi connectivity index (χ4v) is 3.02. The largest absolute Gasteiger partial charge is 0.421 e. The quantitative estimate of drug-likeness (QED) is 0.365. The van der Waals surface area contributed by atoms with Crippen molar-refractivity contribution in [3.05, 3.63) is 66.2 Å².